The number of rotatable bonds is 11. The molecule has 0 radical (unpaired) electrons. The van der Waals surface area contributed by atoms with Gasteiger partial charge in [0.15, 0.2) is 4.84 Å². The first kappa shape index (κ1) is 24.8. The van der Waals surface area contributed by atoms with E-state index < -0.39 is 23.0 Å². The van der Waals surface area contributed by atoms with Crippen LogP contribution in [0.25, 0.3) is 0 Å². The lowest BCUT2D eigenvalue weighted by Gasteiger charge is -2.32. The van der Waals surface area contributed by atoms with Gasteiger partial charge in [0.2, 0.25) is 0 Å². The fourth-order valence-corrected chi connectivity index (χ4v) is 3.02. The van der Waals surface area contributed by atoms with E-state index in [1.54, 1.807) is 31.2 Å². The number of ether oxygens (including phenoxy) is 3. The molecule has 7 nitrogen and oxygen atoms in total. The molecule has 0 aliphatic carbocycles. The van der Waals surface area contributed by atoms with Crippen LogP contribution in [0.5, 0.6) is 11.5 Å². The molecule has 0 spiro atoms. The number of nitrogens with zero attached hydrogens (tertiary/aromatic N) is 1. The molecule has 2 aromatic carbocycles. The highest BCUT2D eigenvalue weighted by Crippen LogP contribution is 2.26. The second kappa shape index (κ2) is 13.0. The average Bonchev–Trinajstić information content (AvgIpc) is 2.76. The molecule has 2 rings (SSSR count). The SMILES string of the molecule is CCOCCN(C(=O)C(Cl)Cl)C(NC(=O)OCC)c1ccc(Oc2ccccc2)cc1. The number of para-hydroxylation sites is 1. The Morgan fingerprint density at radius 1 is 0.968 bits per heavy atom. The van der Waals surface area contributed by atoms with Gasteiger partial charge in [0.1, 0.15) is 17.7 Å². The van der Waals surface area contributed by atoms with Gasteiger partial charge < -0.3 is 19.1 Å². The largest absolute Gasteiger partial charge is 0.457 e. The number of carbonyl (C=O) groups excluding carboxylic acids is 2. The fraction of sp³-hybridized carbons (Fsp3) is 0.364. The van der Waals surface area contributed by atoms with Crippen LogP contribution in [0, 0.1) is 0 Å². The Hall–Kier alpha value is -2.48. The average molecular weight is 469 g/mol. The zero-order chi connectivity index (χ0) is 22.6. The Morgan fingerprint density at radius 3 is 2.19 bits per heavy atom. The summed E-state index contributed by atoms with van der Waals surface area (Å²) in [5, 5.41) is 2.70. The fourth-order valence-electron chi connectivity index (χ4n) is 2.77. The normalized spacial score (nSPS) is 11.6. The van der Waals surface area contributed by atoms with Crippen LogP contribution >= 0.6 is 23.2 Å². The summed E-state index contributed by atoms with van der Waals surface area (Å²) < 4.78 is 16.2. The first-order valence-corrected chi connectivity index (χ1v) is 10.8. The summed E-state index contributed by atoms with van der Waals surface area (Å²) in [7, 11) is 0. The van der Waals surface area contributed by atoms with Crippen molar-refractivity contribution in [1.82, 2.24) is 10.2 Å². The molecule has 0 bridgehead atoms. The summed E-state index contributed by atoms with van der Waals surface area (Å²) in [5.74, 6) is 0.733. The molecule has 168 valence electrons. The van der Waals surface area contributed by atoms with Crippen molar-refractivity contribution in [2.45, 2.75) is 24.8 Å². The molecular formula is C22H26Cl2N2O5. The highest BCUT2D eigenvalue weighted by molar-refractivity contribution is 6.53. The number of halogens is 2. The predicted molar refractivity (Wildman–Crippen MR) is 120 cm³/mol. The summed E-state index contributed by atoms with van der Waals surface area (Å²) in [6.45, 7) is 4.62. The zero-order valence-corrected chi connectivity index (χ0v) is 18.9. The van der Waals surface area contributed by atoms with Crippen LogP contribution in [0.1, 0.15) is 25.6 Å². The quantitative estimate of drug-likeness (QED) is 0.288. The summed E-state index contributed by atoms with van der Waals surface area (Å²) in [6.07, 6.45) is -1.54. The van der Waals surface area contributed by atoms with Gasteiger partial charge in [-0.1, -0.05) is 53.5 Å². The molecule has 2 amide bonds. The van der Waals surface area contributed by atoms with E-state index in [4.69, 9.17) is 37.4 Å². The number of hydrogen-bond donors (Lipinski definition) is 1. The lowest BCUT2D eigenvalue weighted by molar-refractivity contribution is -0.133. The molecule has 0 aliphatic heterocycles. The summed E-state index contributed by atoms with van der Waals surface area (Å²) >= 11 is 11.7. The molecule has 0 aromatic heterocycles. The van der Waals surface area contributed by atoms with Gasteiger partial charge in [-0.3, -0.25) is 10.1 Å². The monoisotopic (exact) mass is 468 g/mol. The molecule has 1 atom stereocenters. The van der Waals surface area contributed by atoms with E-state index in [0.717, 1.165) is 0 Å². The van der Waals surface area contributed by atoms with Crippen molar-refractivity contribution in [3.63, 3.8) is 0 Å². The third-order valence-electron chi connectivity index (χ3n) is 4.17. The van der Waals surface area contributed by atoms with E-state index in [1.807, 2.05) is 37.3 Å². The Balaban J connectivity index is 2.29. The van der Waals surface area contributed by atoms with E-state index in [1.165, 1.54) is 4.90 Å². The van der Waals surface area contributed by atoms with Crippen LogP contribution in [0.4, 0.5) is 4.79 Å². The lowest BCUT2D eigenvalue weighted by atomic mass is 10.1. The molecule has 31 heavy (non-hydrogen) atoms. The Morgan fingerprint density at radius 2 is 1.61 bits per heavy atom. The van der Waals surface area contributed by atoms with Gasteiger partial charge in [0, 0.05) is 13.2 Å². The third-order valence-corrected chi connectivity index (χ3v) is 4.54. The Labute approximate surface area is 192 Å². The van der Waals surface area contributed by atoms with Crippen LogP contribution in [-0.2, 0) is 14.3 Å². The van der Waals surface area contributed by atoms with Crippen LogP contribution in [0.3, 0.4) is 0 Å². The van der Waals surface area contributed by atoms with Crippen molar-refractivity contribution in [2.75, 3.05) is 26.4 Å². The first-order valence-electron chi connectivity index (χ1n) is 9.88. The van der Waals surface area contributed by atoms with Gasteiger partial charge in [0.25, 0.3) is 5.91 Å². The minimum absolute atomic E-state index is 0.169. The van der Waals surface area contributed by atoms with E-state index in [9.17, 15) is 9.59 Å². The number of alkyl carbamates (subject to hydrolysis) is 1. The van der Waals surface area contributed by atoms with E-state index in [-0.39, 0.29) is 19.8 Å². The van der Waals surface area contributed by atoms with Crippen molar-refractivity contribution >= 4 is 35.2 Å². The van der Waals surface area contributed by atoms with Crippen molar-refractivity contribution in [3.05, 3.63) is 60.2 Å². The molecule has 0 aliphatic rings. The van der Waals surface area contributed by atoms with Crippen molar-refractivity contribution in [3.8, 4) is 11.5 Å². The molecule has 0 fully saturated rings. The van der Waals surface area contributed by atoms with E-state index in [2.05, 4.69) is 5.32 Å². The van der Waals surface area contributed by atoms with Crippen LogP contribution in [-0.4, -0.2) is 48.1 Å². The molecule has 9 heteroatoms. The number of amides is 2. The van der Waals surface area contributed by atoms with Crippen LogP contribution in [0.2, 0.25) is 0 Å². The molecule has 0 saturated heterocycles. The van der Waals surface area contributed by atoms with Crippen molar-refractivity contribution in [2.24, 2.45) is 0 Å². The zero-order valence-electron chi connectivity index (χ0n) is 17.4. The van der Waals surface area contributed by atoms with E-state index >= 15 is 0 Å². The molecule has 1 unspecified atom stereocenters. The van der Waals surface area contributed by atoms with Gasteiger partial charge in [-0.25, -0.2) is 4.79 Å². The van der Waals surface area contributed by atoms with Crippen molar-refractivity contribution < 1.29 is 23.8 Å². The maximum atomic E-state index is 12.7. The summed E-state index contributed by atoms with van der Waals surface area (Å²) in [6, 6.07) is 16.3. The number of hydrogen-bond acceptors (Lipinski definition) is 5. The van der Waals surface area contributed by atoms with Gasteiger partial charge in [-0.2, -0.15) is 0 Å². The predicted octanol–water partition coefficient (Wildman–Crippen LogP) is 4.89. The number of benzene rings is 2. The highest BCUT2D eigenvalue weighted by Gasteiger charge is 2.30. The molecule has 1 N–H and O–H groups in total. The highest BCUT2D eigenvalue weighted by atomic mass is 35.5. The maximum absolute atomic E-state index is 12.7. The topological polar surface area (TPSA) is 77.1 Å². The van der Waals surface area contributed by atoms with E-state index in [0.29, 0.717) is 23.7 Å². The van der Waals surface area contributed by atoms with Gasteiger partial charge in [0.05, 0.1) is 13.2 Å². The molecule has 2 aromatic rings. The van der Waals surface area contributed by atoms with Gasteiger partial charge >= 0.3 is 6.09 Å². The number of nitrogens with one attached hydrogen (secondary N) is 1. The van der Waals surface area contributed by atoms with Gasteiger partial charge in [-0.15, -0.1) is 0 Å². The maximum Gasteiger partial charge on any atom is 0.409 e. The standard InChI is InChI=1S/C22H26Cl2N2O5/c1-3-29-15-14-26(21(27)19(23)24)20(25-22(28)30-4-2)16-10-12-18(13-11-16)31-17-8-6-5-7-9-17/h5-13,19-20H,3-4,14-15H2,1-2H3,(H,25,28). The number of alkyl halides is 2. The summed E-state index contributed by atoms with van der Waals surface area (Å²) in [4.78, 5) is 24.9. The third kappa shape index (κ3) is 7.94. The smallest absolute Gasteiger partial charge is 0.409 e. The minimum Gasteiger partial charge on any atom is -0.457 e. The van der Waals surface area contributed by atoms with Crippen molar-refractivity contribution in [1.29, 1.82) is 0 Å². The summed E-state index contributed by atoms with van der Waals surface area (Å²) in [5.41, 5.74) is 0.618. The van der Waals surface area contributed by atoms with Crippen LogP contribution < -0.4 is 10.1 Å². The molecule has 0 saturated carbocycles. The minimum atomic E-state index is -1.30. The lowest BCUT2D eigenvalue weighted by Crippen LogP contribution is -2.47. The second-order valence-corrected chi connectivity index (χ2v) is 7.38. The Bertz CT molecular complexity index is 818. The number of carbonyl (C=O) groups is 2. The van der Waals surface area contributed by atoms with Crippen LogP contribution in [0.15, 0.2) is 54.6 Å². The second-order valence-electron chi connectivity index (χ2n) is 6.28. The first-order chi connectivity index (χ1) is 15.0. The van der Waals surface area contributed by atoms with Gasteiger partial charge in [-0.05, 0) is 43.7 Å². The molecule has 0 heterocycles. The Kier molecular flexibility index (Phi) is 10.4. The molecular weight excluding hydrogens is 443 g/mol.